The van der Waals surface area contributed by atoms with Crippen molar-refractivity contribution in [2.45, 2.75) is 26.0 Å². The zero-order valence-corrected chi connectivity index (χ0v) is 9.53. The average Bonchev–Trinajstić information content (AvgIpc) is 2.20. The summed E-state index contributed by atoms with van der Waals surface area (Å²) in [5.41, 5.74) is 3.34. The van der Waals surface area contributed by atoms with Crippen LogP contribution in [0.4, 0.5) is 0 Å². The lowest BCUT2D eigenvalue weighted by atomic mass is 10.1. The highest BCUT2D eigenvalue weighted by molar-refractivity contribution is 7.98. The van der Waals surface area contributed by atoms with Crippen molar-refractivity contribution in [3.63, 3.8) is 0 Å². The fraction of sp³-hybridized carbons (Fsp3) is 0.417. The Bertz CT molecular complexity index is 339. The van der Waals surface area contributed by atoms with Gasteiger partial charge in [-0.25, -0.2) is 0 Å². The van der Waals surface area contributed by atoms with Crippen molar-refractivity contribution in [3.8, 4) is 6.07 Å². The van der Waals surface area contributed by atoms with Crippen LogP contribution in [0.15, 0.2) is 18.2 Å². The highest BCUT2D eigenvalue weighted by Crippen LogP contribution is 2.17. The monoisotopic (exact) mass is 205 g/mol. The van der Waals surface area contributed by atoms with Gasteiger partial charge in [-0.1, -0.05) is 13.0 Å². The molecule has 14 heavy (non-hydrogen) atoms. The van der Waals surface area contributed by atoms with Crippen LogP contribution in [0, 0.1) is 18.3 Å². The quantitative estimate of drug-likeness (QED) is 0.702. The first kappa shape index (κ1) is 11.1. The van der Waals surface area contributed by atoms with Crippen LogP contribution in [-0.4, -0.2) is 5.75 Å². The van der Waals surface area contributed by atoms with Crippen molar-refractivity contribution in [2.75, 3.05) is 5.75 Å². The molecule has 0 bridgehead atoms. The fourth-order valence-electron chi connectivity index (χ4n) is 1.25. The zero-order chi connectivity index (χ0) is 10.4. The molecule has 0 atom stereocenters. The Morgan fingerprint density at radius 1 is 1.43 bits per heavy atom. The summed E-state index contributed by atoms with van der Waals surface area (Å²) in [6.45, 7) is 4.27. The summed E-state index contributed by atoms with van der Waals surface area (Å²) in [6.07, 6.45) is 1.22. The largest absolute Gasteiger partial charge is 0.192 e. The third kappa shape index (κ3) is 3.08. The highest BCUT2D eigenvalue weighted by Gasteiger charge is 1.99. The minimum Gasteiger partial charge on any atom is -0.192 e. The molecule has 0 unspecified atom stereocenters. The van der Waals surface area contributed by atoms with Gasteiger partial charge in [-0.05, 0) is 42.4 Å². The Morgan fingerprint density at radius 2 is 2.21 bits per heavy atom. The van der Waals surface area contributed by atoms with Gasteiger partial charge in [0.05, 0.1) is 11.6 Å². The second kappa shape index (κ2) is 5.72. The molecule has 0 heterocycles. The minimum absolute atomic E-state index is 0.756. The number of hydrogen-bond donors (Lipinski definition) is 0. The van der Waals surface area contributed by atoms with Crippen LogP contribution in [0.1, 0.15) is 30.0 Å². The van der Waals surface area contributed by atoms with Crippen molar-refractivity contribution in [2.24, 2.45) is 0 Å². The number of thioether (sulfide) groups is 1. The number of benzene rings is 1. The van der Waals surface area contributed by atoms with Crippen LogP contribution in [0.3, 0.4) is 0 Å². The molecule has 0 aromatic heterocycles. The van der Waals surface area contributed by atoms with Gasteiger partial charge >= 0.3 is 0 Å². The highest BCUT2D eigenvalue weighted by atomic mass is 32.2. The number of aryl methyl sites for hydroxylation is 1. The van der Waals surface area contributed by atoms with Crippen molar-refractivity contribution >= 4 is 11.8 Å². The average molecular weight is 205 g/mol. The van der Waals surface area contributed by atoms with Crippen molar-refractivity contribution in [3.05, 3.63) is 34.9 Å². The van der Waals surface area contributed by atoms with E-state index < -0.39 is 0 Å². The Balaban J connectivity index is 2.65. The second-order valence-corrected chi connectivity index (χ2v) is 4.41. The number of hydrogen-bond acceptors (Lipinski definition) is 2. The van der Waals surface area contributed by atoms with Crippen LogP contribution in [0.2, 0.25) is 0 Å². The van der Waals surface area contributed by atoms with Gasteiger partial charge in [-0.2, -0.15) is 17.0 Å². The maximum atomic E-state index is 8.71. The molecule has 0 saturated carbocycles. The molecule has 74 valence electrons. The van der Waals surface area contributed by atoms with Crippen molar-refractivity contribution in [1.29, 1.82) is 5.26 Å². The van der Waals surface area contributed by atoms with E-state index in [1.165, 1.54) is 23.3 Å². The summed E-state index contributed by atoms with van der Waals surface area (Å²) >= 11 is 1.95. The van der Waals surface area contributed by atoms with Gasteiger partial charge in [-0.3, -0.25) is 0 Å². The molecule has 0 radical (unpaired) electrons. The second-order valence-electron chi connectivity index (χ2n) is 3.31. The third-order valence-electron chi connectivity index (χ3n) is 2.08. The zero-order valence-electron chi connectivity index (χ0n) is 8.71. The van der Waals surface area contributed by atoms with E-state index in [1.54, 1.807) is 0 Å². The van der Waals surface area contributed by atoms with E-state index in [1.807, 2.05) is 23.9 Å². The molecule has 2 heteroatoms. The van der Waals surface area contributed by atoms with Crippen LogP contribution < -0.4 is 0 Å². The lowest BCUT2D eigenvalue weighted by molar-refractivity contribution is 1.10. The molecular formula is C12H15NS. The lowest BCUT2D eigenvalue weighted by Crippen LogP contribution is -1.88. The first-order valence-electron chi connectivity index (χ1n) is 4.85. The van der Waals surface area contributed by atoms with E-state index >= 15 is 0 Å². The SMILES string of the molecule is CCCSCc1ccc(C#N)cc1C. The molecule has 1 rings (SSSR count). The smallest absolute Gasteiger partial charge is 0.0991 e. The Morgan fingerprint density at radius 3 is 2.79 bits per heavy atom. The molecule has 1 aromatic rings. The van der Waals surface area contributed by atoms with Crippen molar-refractivity contribution < 1.29 is 0 Å². The van der Waals surface area contributed by atoms with Gasteiger partial charge in [-0.15, -0.1) is 0 Å². The standard InChI is InChI=1S/C12H15NS/c1-3-6-14-9-12-5-4-11(8-13)7-10(12)2/h4-5,7H,3,6,9H2,1-2H3. The molecule has 0 saturated heterocycles. The topological polar surface area (TPSA) is 23.8 Å². The van der Waals surface area contributed by atoms with E-state index in [-0.39, 0.29) is 0 Å². The molecule has 0 amide bonds. The molecule has 0 aliphatic heterocycles. The molecule has 0 fully saturated rings. The Hall–Kier alpha value is -0.940. The van der Waals surface area contributed by atoms with Gasteiger partial charge in [0.2, 0.25) is 0 Å². The van der Waals surface area contributed by atoms with E-state index in [2.05, 4.69) is 26.0 Å². The van der Waals surface area contributed by atoms with Crippen LogP contribution in [0.5, 0.6) is 0 Å². The molecular weight excluding hydrogens is 190 g/mol. The third-order valence-corrected chi connectivity index (χ3v) is 3.29. The first-order valence-corrected chi connectivity index (χ1v) is 6.00. The van der Waals surface area contributed by atoms with Gasteiger partial charge in [0.25, 0.3) is 0 Å². The van der Waals surface area contributed by atoms with Crippen LogP contribution in [-0.2, 0) is 5.75 Å². The van der Waals surface area contributed by atoms with Gasteiger partial charge in [0, 0.05) is 5.75 Å². The fourth-order valence-corrected chi connectivity index (χ4v) is 2.23. The summed E-state index contributed by atoms with van der Waals surface area (Å²) < 4.78 is 0. The predicted molar refractivity (Wildman–Crippen MR) is 62.3 cm³/mol. The summed E-state index contributed by atoms with van der Waals surface area (Å²) in [7, 11) is 0. The molecule has 1 aromatic carbocycles. The molecule has 1 nitrogen and oxygen atoms in total. The number of nitrogens with zero attached hydrogens (tertiary/aromatic N) is 1. The maximum absolute atomic E-state index is 8.71. The normalized spacial score (nSPS) is 9.79. The molecule has 0 aliphatic rings. The lowest BCUT2D eigenvalue weighted by Gasteiger charge is -2.04. The summed E-state index contributed by atoms with van der Waals surface area (Å²) in [4.78, 5) is 0. The van der Waals surface area contributed by atoms with Gasteiger partial charge in [0.15, 0.2) is 0 Å². The number of rotatable bonds is 4. The van der Waals surface area contributed by atoms with E-state index in [9.17, 15) is 0 Å². The van der Waals surface area contributed by atoms with Gasteiger partial charge in [0.1, 0.15) is 0 Å². The van der Waals surface area contributed by atoms with E-state index in [0.717, 1.165) is 11.3 Å². The van der Waals surface area contributed by atoms with Crippen LogP contribution in [0.25, 0.3) is 0 Å². The first-order chi connectivity index (χ1) is 6.77. The van der Waals surface area contributed by atoms with E-state index in [4.69, 9.17) is 5.26 Å². The van der Waals surface area contributed by atoms with Gasteiger partial charge < -0.3 is 0 Å². The summed E-state index contributed by atoms with van der Waals surface area (Å²) in [5, 5.41) is 8.71. The van der Waals surface area contributed by atoms with Crippen molar-refractivity contribution in [1.82, 2.24) is 0 Å². The summed E-state index contributed by atoms with van der Waals surface area (Å²) in [5.74, 6) is 2.27. The summed E-state index contributed by atoms with van der Waals surface area (Å²) in [6, 6.07) is 8.08. The Kier molecular flexibility index (Phi) is 4.55. The molecule has 0 N–H and O–H groups in total. The van der Waals surface area contributed by atoms with E-state index in [0.29, 0.717) is 0 Å². The minimum atomic E-state index is 0.756. The maximum Gasteiger partial charge on any atom is 0.0991 e. The Labute approximate surface area is 90.1 Å². The predicted octanol–water partition coefficient (Wildman–Crippen LogP) is 3.51. The van der Waals surface area contributed by atoms with Crippen LogP contribution >= 0.6 is 11.8 Å². The molecule has 0 spiro atoms. The molecule has 0 aliphatic carbocycles. The number of nitriles is 1.